The second-order valence-electron chi connectivity index (χ2n) is 5.08. The fourth-order valence-electron chi connectivity index (χ4n) is 2.72. The van der Waals surface area contributed by atoms with Crippen LogP contribution in [-0.2, 0) is 9.47 Å². The zero-order valence-electron chi connectivity index (χ0n) is 10.6. The molecule has 0 atom stereocenters. The standard InChI is InChI=1S/C15H16Cl2O2/c16-13-2-1-12(10-14(13)17)9-11-3-5-15(6-4-11)18-7-8-19-15/h1-2,9-10H,3-8H2. The van der Waals surface area contributed by atoms with Gasteiger partial charge in [-0.1, -0.05) is 40.9 Å². The second-order valence-corrected chi connectivity index (χ2v) is 5.90. The molecule has 2 fully saturated rings. The maximum absolute atomic E-state index is 6.03. The van der Waals surface area contributed by atoms with E-state index in [1.54, 1.807) is 0 Å². The quantitative estimate of drug-likeness (QED) is 0.748. The van der Waals surface area contributed by atoms with Crippen LogP contribution in [0.4, 0.5) is 0 Å². The molecule has 0 unspecified atom stereocenters. The molecule has 1 saturated heterocycles. The lowest BCUT2D eigenvalue weighted by Gasteiger charge is -2.32. The highest BCUT2D eigenvalue weighted by Crippen LogP contribution is 2.38. The maximum Gasteiger partial charge on any atom is 0.169 e. The monoisotopic (exact) mass is 298 g/mol. The Morgan fingerprint density at radius 2 is 1.68 bits per heavy atom. The van der Waals surface area contributed by atoms with Gasteiger partial charge in [-0.05, 0) is 30.5 Å². The van der Waals surface area contributed by atoms with Gasteiger partial charge in [0.15, 0.2) is 5.79 Å². The number of hydrogen-bond acceptors (Lipinski definition) is 2. The predicted octanol–water partition coefficient (Wildman–Crippen LogP) is 4.69. The summed E-state index contributed by atoms with van der Waals surface area (Å²) in [4.78, 5) is 0. The van der Waals surface area contributed by atoms with Crippen LogP contribution in [0, 0.1) is 0 Å². The highest BCUT2D eigenvalue weighted by molar-refractivity contribution is 6.42. The van der Waals surface area contributed by atoms with Gasteiger partial charge in [-0.25, -0.2) is 0 Å². The Bertz CT molecular complexity index is 493. The largest absolute Gasteiger partial charge is 0.348 e. The molecule has 1 aromatic rings. The van der Waals surface area contributed by atoms with Crippen LogP contribution in [0.1, 0.15) is 31.2 Å². The highest BCUT2D eigenvalue weighted by atomic mass is 35.5. The third-order valence-corrected chi connectivity index (χ3v) is 4.52. The maximum atomic E-state index is 6.03. The summed E-state index contributed by atoms with van der Waals surface area (Å²) in [5, 5.41) is 1.20. The number of allylic oxidation sites excluding steroid dienone is 1. The fourth-order valence-corrected chi connectivity index (χ4v) is 3.03. The molecule has 2 aliphatic rings. The minimum atomic E-state index is -0.297. The van der Waals surface area contributed by atoms with Crippen molar-refractivity contribution in [1.29, 1.82) is 0 Å². The van der Waals surface area contributed by atoms with Gasteiger partial charge in [0.25, 0.3) is 0 Å². The van der Waals surface area contributed by atoms with Gasteiger partial charge >= 0.3 is 0 Å². The first-order chi connectivity index (χ1) is 9.17. The van der Waals surface area contributed by atoms with E-state index < -0.39 is 0 Å². The van der Waals surface area contributed by atoms with Gasteiger partial charge in [0.05, 0.1) is 23.3 Å². The Hall–Kier alpha value is -0.540. The first kappa shape index (κ1) is 13.4. The molecular formula is C15H16Cl2O2. The Kier molecular flexibility index (Phi) is 3.86. The normalized spacial score (nSPS) is 21.9. The molecule has 1 spiro atoms. The lowest BCUT2D eigenvalue weighted by molar-refractivity contribution is -0.171. The second kappa shape index (κ2) is 5.45. The van der Waals surface area contributed by atoms with Crippen molar-refractivity contribution in [2.45, 2.75) is 31.5 Å². The van der Waals surface area contributed by atoms with E-state index in [9.17, 15) is 0 Å². The topological polar surface area (TPSA) is 18.5 Å². The van der Waals surface area contributed by atoms with Crippen LogP contribution < -0.4 is 0 Å². The molecule has 4 heteroatoms. The average Bonchev–Trinajstić information content (AvgIpc) is 2.86. The molecular weight excluding hydrogens is 283 g/mol. The van der Waals surface area contributed by atoms with Crippen molar-refractivity contribution in [3.8, 4) is 0 Å². The first-order valence-corrected chi connectivity index (χ1v) is 7.35. The van der Waals surface area contributed by atoms with Crippen molar-refractivity contribution in [3.63, 3.8) is 0 Å². The molecule has 2 nitrogen and oxygen atoms in total. The van der Waals surface area contributed by atoms with Crippen molar-refractivity contribution in [2.24, 2.45) is 0 Å². The molecule has 1 aromatic carbocycles. The minimum absolute atomic E-state index is 0.297. The fraction of sp³-hybridized carbons (Fsp3) is 0.467. The third kappa shape index (κ3) is 2.97. The van der Waals surface area contributed by atoms with Crippen LogP contribution in [0.3, 0.4) is 0 Å². The van der Waals surface area contributed by atoms with Crippen molar-refractivity contribution in [3.05, 3.63) is 39.4 Å². The van der Waals surface area contributed by atoms with Gasteiger partial charge < -0.3 is 9.47 Å². The van der Waals surface area contributed by atoms with Crippen LogP contribution in [-0.4, -0.2) is 19.0 Å². The summed E-state index contributed by atoms with van der Waals surface area (Å²) in [7, 11) is 0. The van der Waals surface area contributed by atoms with E-state index in [1.807, 2.05) is 18.2 Å². The SMILES string of the molecule is Clc1ccc(C=C2CCC3(CC2)OCCO3)cc1Cl. The molecule has 0 aromatic heterocycles. The molecule has 1 saturated carbocycles. The van der Waals surface area contributed by atoms with Crippen LogP contribution in [0.25, 0.3) is 6.08 Å². The smallest absolute Gasteiger partial charge is 0.169 e. The summed E-state index contributed by atoms with van der Waals surface area (Å²) < 4.78 is 11.5. The van der Waals surface area contributed by atoms with E-state index in [-0.39, 0.29) is 5.79 Å². The number of halogens is 2. The van der Waals surface area contributed by atoms with E-state index >= 15 is 0 Å². The zero-order valence-corrected chi connectivity index (χ0v) is 12.1. The molecule has 0 amide bonds. The molecule has 1 heterocycles. The predicted molar refractivity (Wildman–Crippen MR) is 77.5 cm³/mol. The van der Waals surface area contributed by atoms with Crippen LogP contribution >= 0.6 is 23.2 Å². The Balaban J connectivity index is 1.70. The molecule has 102 valence electrons. The molecule has 0 bridgehead atoms. The summed E-state index contributed by atoms with van der Waals surface area (Å²) in [6.45, 7) is 1.46. The van der Waals surface area contributed by atoms with Gasteiger partial charge in [0.2, 0.25) is 0 Å². The Morgan fingerprint density at radius 1 is 1.00 bits per heavy atom. The van der Waals surface area contributed by atoms with Gasteiger partial charge in [0, 0.05) is 12.8 Å². The summed E-state index contributed by atoms with van der Waals surface area (Å²) in [5.41, 5.74) is 2.52. The van der Waals surface area contributed by atoms with Crippen molar-refractivity contribution in [2.75, 3.05) is 13.2 Å². The van der Waals surface area contributed by atoms with Gasteiger partial charge in [-0.3, -0.25) is 0 Å². The van der Waals surface area contributed by atoms with Crippen LogP contribution in [0.2, 0.25) is 10.0 Å². The number of benzene rings is 1. The molecule has 19 heavy (non-hydrogen) atoms. The Morgan fingerprint density at radius 3 is 2.32 bits per heavy atom. The first-order valence-electron chi connectivity index (χ1n) is 6.59. The van der Waals surface area contributed by atoms with E-state index in [1.165, 1.54) is 5.57 Å². The molecule has 0 N–H and O–H groups in total. The van der Waals surface area contributed by atoms with Crippen LogP contribution in [0.15, 0.2) is 23.8 Å². The minimum Gasteiger partial charge on any atom is -0.348 e. The average molecular weight is 299 g/mol. The van der Waals surface area contributed by atoms with E-state index in [2.05, 4.69) is 6.08 Å². The zero-order chi connectivity index (χ0) is 13.3. The number of rotatable bonds is 1. The third-order valence-electron chi connectivity index (χ3n) is 3.78. The van der Waals surface area contributed by atoms with Crippen molar-refractivity contribution in [1.82, 2.24) is 0 Å². The van der Waals surface area contributed by atoms with E-state index in [0.29, 0.717) is 10.0 Å². The van der Waals surface area contributed by atoms with Crippen molar-refractivity contribution >= 4 is 29.3 Å². The Labute approximate surface area is 123 Å². The van der Waals surface area contributed by atoms with Crippen LogP contribution in [0.5, 0.6) is 0 Å². The highest BCUT2D eigenvalue weighted by Gasteiger charge is 2.38. The molecule has 1 aliphatic carbocycles. The summed E-state index contributed by atoms with van der Waals surface area (Å²) in [6.07, 6.45) is 6.12. The number of hydrogen-bond donors (Lipinski definition) is 0. The summed E-state index contributed by atoms with van der Waals surface area (Å²) >= 11 is 11.9. The van der Waals surface area contributed by atoms with E-state index in [0.717, 1.165) is 44.5 Å². The van der Waals surface area contributed by atoms with Gasteiger partial charge in [0.1, 0.15) is 0 Å². The molecule has 1 aliphatic heterocycles. The summed E-state index contributed by atoms with van der Waals surface area (Å²) in [5.74, 6) is -0.297. The van der Waals surface area contributed by atoms with Crippen molar-refractivity contribution < 1.29 is 9.47 Å². The van der Waals surface area contributed by atoms with Gasteiger partial charge in [-0.15, -0.1) is 0 Å². The number of ether oxygens (including phenoxy) is 2. The lowest BCUT2D eigenvalue weighted by Crippen LogP contribution is -2.33. The molecule has 3 rings (SSSR count). The van der Waals surface area contributed by atoms with E-state index in [4.69, 9.17) is 32.7 Å². The van der Waals surface area contributed by atoms with Gasteiger partial charge in [-0.2, -0.15) is 0 Å². The summed E-state index contributed by atoms with van der Waals surface area (Å²) in [6, 6.07) is 5.74. The molecule has 0 radical (unpaired) electrons. The lowest BCUT2D eigenvalue weighted by atomic mass is 9.88.